The van der Waals surface area contributed by atoms with Crippen LogP contribution in [0.3, 0.4) is 0 Å². The molecule has 1 N–H and O–H groups in total. The van der Waals surface area contributed by atoms with Crippen molar-refractivity contribution in [1.82, 2.24) is 4.31 Å². The average Bonchev–Trinajstić information content (AvgIpc) is 3.01. The number of fused-ring (bicyclic) bond motifs is 1. The number of rotatable bonds is 8. The van der Waals surface area contributed by atoms with Crippen LogP contribution < -0.4 is 5.32 Å². The van der Waals surface area contributed by atoms with Gasteiger partial charge in [-0.05, 0) is 31.5 Å². The zero-order valence-corrected chi connectivity index (χ0v) is 20.4. The molecule has 0 bridgehead atoms. The number of benzene rings is 2. The number of alkyl halides is 1. The van der Waals surface area contributed by atoms with E-state index in [9.17, 15) is 23.3 Å². The number of non-ortho nitro benzene ring substituents is 1. The fourth-order valence-corrected chi connectivity index (χ4v) is 5.75. The Morgan fingerprint density at radius 2 is 1.87 bits per heavy atom. The SMILES string of the molecule is C/C=C(\Br)CN(CCC1(Br)C(=O)Nc2ccccc21)S(=O)(=O)c1ccc([N+](=O)[O-])cc1. The molecule has 1 amide bonds. The molecule has 164 valence electrons. The van der Waals surface area contributed by atoms with Gasteiger partial charge in [-0.1, -0.05) is 56.1 Å². The number of anilines is 1. The van der Waals surface area contributed by atoms with E-state index in [0.29, 0.717) is 10.2 Å². The average molecular weight is 573 g/mol. The number of carbonyl (C=O) groups is 1. The van der Waals surface area contributed by atoms with Gasteiger partial charge < -0.3 is 5.32 Å². The van der Waals surface area contributed by atoms with Crippen LogP contribution in [-0.4, -0.2) is 36.6 Å². The highest BCUT2D eigenvalue weighted by molar-refractivity contribution is 9.11. The van der Waals surface area contributed by atoms with Gasteiger partial charge in [-0.15, -0.1) is 0 Å². The zero-order valence-electron chi connectivity index (χ0n) is 16.4. The standard InChI is InChI=1S/C20H19Br2N3O5S/c1-2-14(21)13-24(31(29,30)16-9-7-15(8-10-16)25(27)28)12-11-20(22)17-5-3-4-6-18(17)23-19(20)26/h2-10H,11-13H2,1H3,(H,23,26)/b14-2-. The number of para-hydroxylation sites is 1. The Hall–Kier alpha value is -2.08. The summed E-state index contributed by atoms with van der Waals surface area (Å²) in [5.74, 6) is -0.258. The lowest BCUT2D eigenvalue weighted by Crippen LogP contribution is -2.38. The first-order valence-electron chi connectivity index (χ1n) is 9.25. The molecule has 11 heteroatoms. The number of halogens is 2. The zero-order chi connectivity index (χ0) is 22.8. The number of nitrogens with one attached hydrogen (secondary N) is 1. The maximum absolute atomic E-state index is 13.3. The van der Waals surface area contributed by atoms with Crippen molar-refractivity contribution in [2.45, 2.75) is 22.6 Å². The van der Waals surface area contributed by atoms with Gasteiger partial charge in [0.2, 0.25) is 15.9 Å². The molecule has 1 unspecified atom stereocenters. The van der Waals surface area contributed by atoms with Gasteiger partial charge in [0, 0.05) is 41.0 Å². The molecule has 0 radical (unpaired) electrons. The molecule has 1 heterocycles. The van der Waals surface area contributed by atoms with Crippen LogP contribution in [0.4, 0.5) is 11.4 Å². The first-order chi connectivity index (χ1) is 14.6. The largest absolute Gasteiger partial charge is 0.324 e. The van der Waals surface area contributed by atoms with Crippen molar-refractivity contribution in [1.29, 1.82) is 0 Å². The first-order valence-corrected chi connectivity index (χ1v) is 12.3. The summed E-state index contributed by atoms with van der Waals surface area (Å²) in [5.41, 5.74) is 1.24. The molecule has 0 fully saturated rings. The van der Waals surface area contributed by atoms with Crippen LogP contribution in [0.1, 0.15) is 18.9 Å². The summed E-state index contributed by atoms with van der Waals surface area (Å²) >= 11 is 6.89. The van der Waals surface area contributed by atoms with E-state index in [-0.39, 0.29) is 36.0 Å². The van der Waals surface area contributed by atoms with Crippen LogP contribution in [0.2, 0.25) is 0 Å². The van der Waals surface area contributed by atoms with Crippen LogP contribution in [0.25, 0.3) is 0 Å². The Kier molecular flexibility index (Phi) is 6.99. The predicted molar refractivity (Wildman–Crippen MR) is 125 cm³/mol. The van der Waals surface area contributed by atoms with E-state index < -0.39 is 19.3 Å². The third-order valence-electron chi connectivity index (χ3n) is 4.99. The highest BCUT2D eigenvalue weighted by Gasteiger charge is 2.45. The number of amides is 1. The number of nitro benzene ring substituents is 1. The molecule has 31 heavy (non-hydrogen) atoms. The third-order valence-corrected chi connectivity index (χ3v) is 8.75. The molecular weight excluding hydrogens is 554 g/mol. The monoisotopic (exact) mass is 571 g/mol. The molecule has 2 aromatic carbocycles. The summed E-state index contributed by atoms with van der Waals surface area (Å²) in [5, 5.41) is 13.7. The Morgan fingerprint density at radius 3 is 2.48 bits per heavy atom. The van der Waals surface area contributed by atoms with Gasteiger partial charge in [-0.3, -0.25) is 14.9 Å². The summed E-state index contributed by atoms with van der Waals surface area (Å²) in [6, 6.07) is 12.0. The lowest BCUT2D eigenvalue weighted by Gasteiger charge is -2.26. The highest BCUT2D eigenvalue weighted by atomic mass is 79.9. The van der Waals surface area contributed by atoms with Crippen LogP contribution in [0.15, 0.2) is 64.0 Å². The predicted octanol–water partition coefficient (Wildman–Crippen LogP) is 4.52. The lowest BCUT2D eigenvalue weighted by atomic mass is 9.97. The summed E-state index contributed by atoms with van der Waals surface area (Å²) in [7, 11) is -3.97. The minimum atomic E-state index is -3.97. The third kappa shape index (κ3) is 4.74. The fraction of sp³-hybridized carbons (Fsp3) is 0.250. The second-order valence-corrected chi connectivity index (χ2v) is 11.2. The maximum Gasteiger partial charge on any atom is 0.269 e. The van der Waals surface area contributed by atoms with Crippen molar-refractivity contribution < 1.29 is 18.1 Å². The number of nitrogens with zero attached hydrogens (tertiary/aromatic N) is 2. The Labute approximate surface area is 196 Å². The molecular formula is C20H19Br2N3O5S. The van der Waals surface area contributed by atoms with Gasteiger partial charge >= 0.3 is 0 Å². The van der Waals surface area contributed by atoms with Crippen LogP contribution in [-0.2, 0) is 19.1 Å². The summed E-state index contributed by atoms with van der Waals surface area (Å²) in [6.07, 6.45) is 1.92. The van der Waals surface area contributed by atoms with Crippen LogP contribution in [0.5, 0.6) is 0 Å². The minimum absolute atomic E-state index is 0.0370. The number of allylic oxidation sites excluding steroid dienone is 1. The first kappa shape index (κ1) is 23.6. The molecule has 0 saturated carbocycles. The van der Waals surface area contributed by atoms with E-state index in [1.165, 1.54) is 16.4 Å². The molecule has 1 aliphatic heterocycles. The van der Waals surface area contributed by atoms with Gasteiger partial charge in [-0.25, -0.2) is 8.42 Å². The summed E-state index contributed by atoms with van der Waals surface area (Å²) < 4.78 is 27.4. The van der Waals surface area contributed by atoms with E-state index in [1.807, 2.05) is 18.2 Å². The molecule has 1 aliphatic rings. The van der Waals surface area contributed by atoms with Crippen molar-refractivity contribution in [2.24, 2.45) is 0 Å². The summed E-state index contributed by atoms with van der Waals surface area (Å²) in [6.45, 7) is 1.87. The molecule has 1 atom stereocenters. The van der Waals surface area contributed by atoms with E-state index in [1.54, 1.807) is 19.1 Å². The van der Waals surface area contributed by atoms with Crippen molar-refractivity contribution in [3.63, 3.8) is 0 Å². The van der Waals surface area contributed by atoms with E-state index in [2.05, 4.69) is 37.2 Å². The van der Waals surface area contributed by atoms with Gasteiger partial charge in [-0.2, -0.15) is 4.31 Å². The molecule has 2 aromatic rings. The number of hydrogen-bond donors (Lipinski definition) is 1. The Balaban J connectivity index is 1.91. The number of carbonyl (C=O) groups excluding carboxylic acids is 1. The van der Waals surface area contributed by atoms with E-state index >= 15 is 0 Å². The van der Waals surface area contributed by atoms with Gasteiger partial charge in [0.15, 0.2) is 0 Å². The molecule has 8 nitrogen and oxygen atoms in total. The number of sulfonamides is 1. The highest BCUT2D eigenvalue weighted by Crippen LogP contribution is 2.45. The smallest absolute Gasteiger partial charge is 0.269 e. The van der Waals surface area contributed by atoms with Gasteiger partial charge in [0.1, 0.15) is 4.32 Å². The second kappa shape index (κ2) is 9.19. The molecule has 0 aromatic heterocycles. The van der Waals surface area contributed by atoms with E-state index in [0.717, 1.165) is 17.7 Å². The van der Waals surface area contributed by atoms with Crippen LogP contribution >= 0.6 is 31.9 Å². The number of hydrogen-bond acceptors (Lipinski definition) is 5. The molecule has 0 saturated heterocycles. The molecule has 0 aliphatic carbocycles. The van der Waals surface area contributed by atoms with Crippen LogP contribution in [0, 0.1) is 10.1 Å². The Bertz CT molecular complexity index is 1150. The normalized spacial score (nSPS) is 18.7. The second-order valence-electron chi connectivity index (χ2n) is 6.88. The van der Waals surface area contributed by atoms with Crippen molar-refractivity contribution in [2.75, 3.05) is 18.4 Å². The molecule has 3 rings (SSSR count). The molecule has 0 spiro atoms. The topological polar surface area (TPSA) is 110 Å². The minimum Gasteiger partial charge on any atom is -0.324 e. The van der Waals surface area contributed by atoms with Gasteiger partial charge in [0.25, 0.3) is 5.69 Å². The summed E-state index contributed by atoms with van der Waals surface area (Å²) in [4.78, 5) is 22.9. The Morgan fingerprint density at radius 1 is 1.23 bits per heavy atom. The van der Waals surface area contributed by atoms with Crippen molar-refractivity contribution >= 4 is 59.2 Å². The quantitative estimate of drug-likeness (QED) is 0.284. The maximum atomic E-state index is 13.3. The van der Waals surface area contributed by atoms with Crippen molar-refractivity contribution in [3.05, 3.63) is 74.8 Å². The van der Waals surface area contributed by atoms with E-state index in [4.69, 9.17) is 0 Å². The fourth-order valence-electron chi connectivity index (χ4n) is 3.24. The van der Waals surface area contributed by atoms with Crippen molar-refractivity contribution in [3.8, 4) is 0 Å². The van der Waals surface area contributed by atoms with Gasteiger partial charge in [0.05, 0.1) is 9.82 Å². The number of nitro groups is 1. The lowest BCUT2D eigenvalue weighted by molar-refractivity contribution is -0.384.